The first-order valence-corrected chi connectivity index (χ1v) is 9.72. The highest BCUT2D eigenvalue weighted by Crippen LogP contribution is 2.38. The van der Waals surface area contributed by atoms with Crippen molar-refractivity contribution in [1.29, 1.82) is 0 Å². The van der Waals surface area contributed by atoms with E-state index in [1.807, 2.05) is 0 Å². The lowest BCUT2D eigenvalue weighted by Gasteiger charge is -2.30. The molecule has 1 atom stereocenters. The maximum absolute atomic E-state index is 12.7. The Balaban J connectivity index is 1.65. The number of ether oxygens (including phenoxy) is 1. The summed E-state index contributed by atoms with van der Waals surface area (Å²) < 4.78 is 38.0. The number of carbonyl (C=O) groups excluding carboxylic acids is 1. The van der Waals surface area contributed by atoms with Crippen molar-refractivity contribution < 1.29 is 22.5 Å². The van der Waals surface area contributed by atoms with E-state index in [-0.39, 0.29) is 29.7 Å². The number of hydrogen-bond donors (Lipinski definition) is 0. The van der Waals surface area contributed by atoms with E-state index in [9.17, 15) is 13.2 Å². The fourth-order valence-electron chi connectivity index (χ4n) is 3.52. The molecule has 0 aliphatic carbocycles. The first-order chi connectivity index (χ1) is 12.3. The zero-order chi connectivity index (χ0) is 18.5. The van der Waals surface area contributed by atoms with E-state index in [4.69, 9.17) is 9.26 Å². The molecule has 0 bridgehead atoms. The third-order valence-electron chi connectivity index (χ3n) is 4.82. The van der Waals surface area contributed by atoms with Crippen LogP contribution >= 0.6 is 0 Å². The number of likely N-dealkylation sites (N-methyl/N-ethyl adjacent to an activating group) is 1. The number of likely N-dealkylation sites (tertiary alicyclic amines) is 1. The van der Waals surface area contributed by atoms with Crippen LogP contribution in [-0.4, -0.2) is 61.0 Å². The Morgan fingerprint density at radius 2 is 2.04 bits per heavy atom. The van der Waals surface area contributed by atoms with Gasteiger partial charge in [0.15, 0.2) is 0 Å². The monoisotopic (exact) mass is 377 g/mol. The number of aromatic nitrogens is 1. The summed E-state index contributed by atoms with van der Waals surface area (Å²) in [7, 11) is -2.10. The molecule has 0 N–H and O–H groups in total. The van der Waals surface area contributed by atoms with Crippen molar-refractivity contribution in [3.8, 4) is 5.75 Å². The minimum atomic E-state index is -3.63. The van der Waals surface area contributed by atoms with Gasteiger partial charge in [-0.1, -0.05) is 17.3 Å². The topological polar surface area (TPSA) is 93.0 Å². The zero-order valence-corrected chi connectivity index (χ0v) is 15.3. The fourth-order valence-corrected chi connectivity index (χ4v) is 4.88. The third-order valence-corrected chi connectivity index (χ3v) is 6.66. The van der Waals surface area contributed by atoms with Crippen LogP contribution in [0.25, 0.3) is 0 Å². The van der Waals surface area contributed by atoms with Crippen molar-refractivity contribution in [2.75, 3.05) is 26.7 Å². The summed E-state index contributed by atoms with van der Waals surface area (Å²) >= 11 is 0. The Kier molecular flexibility index (Phi) is 3.81. The summed E-state index contributed by atoms with van der Waals surface area (Å²) in [5.41, 5.74) is -0.160. The molecule has 1 amide bonds. The molecule has 0 unspecified atom stereocenters. The summed E-state index contributed by atoms with van der Waals surface area (Å²) in [6, 6.07) is 8.19. The number of nitrogens with zero attached hydrogens (tertiary/aromatic N) is 3. The highest BCUT2D eigenvalue weighted by atomic mass is 32.2. The van der Waals surface area contributed by atoms with E-state index < -0.39 is 15.6 Å². The van der Waals surface area contributed by atoms with Crippen LogP contribution in [0.5, 0.6) is 5.75 Å². The lowest BCUT2D eigenvalue weighted by atomic mass is 10.0. The molecule has 0 radical (unpaired) electrons. The van der Waals surface area contributed by atoms with E-state index >= 15 is 0 Å². The van der Waals surface area contributed by atoms with E-state index in [0.29, 0.717) is 24.4 Å². The second kappa shape index (κ2) is 5.82. The lowest BCUT2D eigenvalue weighted by Crippen LogP contribution is -2.48. The maximum Gasteiger partial charge on any atom is 0.292 e. The van der Waals surface area contributed by atoms with Crippen molar-refractivity contribution in [2.45, 2.75) is 23.8 Å². The molecule has 1 saturated heterocycles. The highest BCUT2D eigenvalue weighted by molar-refractivity contribution is 7.89. The molecule has 9 heteroatoms. The third kappa shape index (κ3) is 2.67. The molecule has 1 aromatic heterocycles. The zero-order valence-electron chi connectivity index (χ0n) is 14.5. The van der Waals surface area contributed by atoms with Gasteiger partial charge in [-0.15, -0.1) is 0 Å². The van der Waals surface area contributed by atoms with Crippen LogP contribution < -0.4 is 4.74 Å². The average molecular weight is 377 g/mol. The van der Waals surface area contributed by atoms with Crippen LogP contribution in [0.3, 0.4) is 0 Å². The molecule has 2 aromatic rings. The molecule has 1 fully saturated rings. The van der Waals surface area contributed by atoms with Gasteiger partial charge >= 0.3 is 0 Å². The van der Waals surface area contributed by atoms with Crippen molar-refractivity contribution >= 4 is 15.9 Å². The molecule has 1 spiro atoms. The van der Waals surface area contributed by atoms with Crippen molar-refractivity contribution in [2.24, 2.45) is 0 Å². The van der Waals surface area contributed by atoms with Crippen LogP contribution in [0.4, 0.5) is 0 Å². The van der Waals surface area contributed by atoms with Gasteiger partial charge in [0.25, 0.3) is 5.91 Å². The lowest BCUT2D eigenvalue weighted by molar-refractivity contribution is 0.0525. The van der Waals surface area contributed by atoms with Gasteiger partial charge in [-0.05, 0) is 19.1 Å². The Labute approximate surface area is 151 Å². The van der Waals surface area contributed by atoms with Crippen molar-refractivity contribution in [3.63, 3.8) is 0 Å². The summed E-state index contributed by atoms with van der Waals surface area (Å²) in [6.45, 7) is 2.65. The second-order valence-corrected chi connectivity index (χ2v) is 8.82. The summed E-state index contributed by atoms with van der Waals surface area (Å²) in [6.07, 6.45) is 0.528. The minimum Gasteiger partial charge on any atom is -0.483 e. The number of rotatable bonds is 1. The largest absolute Gasteiger partial charge is 0.483 e. The molecule has 0 saturated carbocycles. The van der Waals surface area contributed by atoms with Gasteiger partial charge in [-0.25, -0.2) is 8.42 Å². The van der Waals surface area contributed by atoms with Crippen LogP contribution in [0, 0.1) is 6.92 Å². The number of amides is 1. The van der Waals surface area contributed by atoms with Gasteiger partial charge in [0, 0.05) is 26.1 Å². The number of aryl methyl sites for hydroxylation is 1. The van der Waals surface area contributed by atoms with Crippen molar-refractivity contribution in [3.05, 3.63) is 41.8 Å². The molecule has 2 aliphatic rings. The van der Waals surface area contributed by atoms with E-state index in [0.717, 1.165) is 0 Å². The highest BCUT2D eigenvalue weighted by Gasteiger charge is 2.48. The number of benzene rings is 1. The van der Waals surface area contributed by atoms with Gasteiger partial charge in [0.1, 0.15) is 16.2 Å². The number of para-hydroxylation sites is 1. The molecule has 138 valence electrons. The SMILES string of the molecule is Cc1cc(C(=O)N2CC[C@]3(C2)CN(C)S(=O)(=O)c2ccccc2O3)on1. The minimum absolute atomic E-state index is 0.148. The van der Waals surface area contributed by atoms with Crippen LogP contribution in [0.2, 0.25) is 0 Å². The number of hydrogen-bond acceptors (Lipinski definition) is 6. The molecule has 26 heavy (non-hydrogen) atoms. The van der Waals surface area contributed by atoms with Crippen LogP contribution in [0.1, 0.15) is 22.7 Å². The molecular formula is C17H19N3O5S. The van der Waals surface area contributed by atoms with Crippen LogP contribution in [0.15, 0.2) is 39.8 Å². The maximum atomic E-state index is 12.7. The summed E-state index contributed by atoms with van der Waals surface area (Å²) in [4.78, 5) is 14.4. The smallest absolute Gasteiger partial charge is 0.292 e. The Morgan fingerprint density at radius 3 is 2.77 bits per heavy atom. The van der Waals surface area contributed by atoms with E-state index in [2.05, 4.69) is 5.16 Å². The first kappa shape index (κ1) is 17.0. The number of fused-ring (bicyclic) bond motifs is 1. The van der Waals surface area contributed by atoms with Gasteiger partial charge in [-0.3, -0.25) is 4.79 Å². The Hall–Kier alpha value is -2.39. The predicted molar refractivity (Wildman–Crippen MR) is 91.4 cm³/mol. The molecule has 4 rings (SSSR count). The second-order valence-electron chi connectivity index (χ2n) is 6.80. The number of sulfonamides is 1. The van der Waals surface area contributed by atoms with Gasteiger partial charge < -0.3 is 14.2 Å². The van der Waals surface area contributed by atoms with E-state index in [1.165, 1.54) is 17.4 Å². The van der Waals surface area contributed by atoms with Crippen LogP contribution in [-0.2, 0) is 10.0 Å². The van der Waals surface area contributed by atoms with Crippen molar-refractivity contribution in [1.82, 2.24) is 14.4 Å². The van der Waals surface area contributed by atoms with Gasteiger partial charge in [-0.2, -0.15) is 4.31 Å². The normalized spacial score (nSPS) is 24.9. The standard InChI is InChI=1S/C17H19N3O5S/c1-12-9-14(25-18-12)16(21)20-8-7-17(11-20)10-19(2)26(22,23)15-6-4-3-5-13(15)24-17/h3-6,9H,7-8,10-11H2,1-2H3/t17-/m1/s1. The predicted octanol–water partition coefficient (Wildman–Crippen LogP) is 1.28. The first-order valence-electron chi connectivity index (χ1n) is 8.28. The molecule has 3 heterocycles. The Bertz CT molecular complexity index is 970. The van der Waals surface area contributed by atoms with Gasteiger partial charge in [0.05, 0.1) is 18.8 Å². The molecule has 1 aromatic carbocycles. The summed E-state index contributed by atoms with van der Waals surface area (Å²) in [5, 5.41) is 3.75. The number of carbonyl (C=O) groups is 1. The van der Waals surface area contributed by atoms with Gasteiger partial charge in [0.2, 0.25) is 15.8 Å². The Morgan fingerprint density at radius 1 is 1.27 bits per heavy atom. The molecular weight excluding hydrogens is 358 g/mol. The fraction of sp³-hybridized carbons (Fsp3) is 0.412. The quantitative estimate of drug-likeness (QED) is 0.743. The molecule has 2 aliphatic heterocycles. The average Bonchev–Trinajstić information content (AvgIpc) is 3.19. The van der Waals surface area contributed by atoms with E-state index in [1.54, 1.807) is 36.1 Å². The summed E-state index contributed by atoms with van der Waals surface area (Å²) in [5.74, 6) is 0.227. The molecule has 8 nitrogen and oxygen atoms in total.